The highest BCUT2D eigenvalue weighted by Crippen LogP contribution is 2.30. The third kappa shape index (κ3) is 3.54. The van der Waals surface area contributed by atoms with E-state index in [1.807, 2.05) is 51.1 Å². The normalized spacial score (nSPS) is 11.3. The molecule has 4 aromatic rings. The zero-order valence-electron chi connectivity index (χ0n) is 18.2. The van der Waals surface area contributed by atoms with Gasteiger partial charge < -0.3 is 9.15 Å². The number of hydrogen-bond donors (Lipinski definition) is 0. The zero-order chi connectivity index (χ0) is 22.3. The summed E-state index contributed by atoms with van der Waals surface area (Å²) in [5, 5.41) is 0.427. The molecular formula is C23H24N4O4. The summed E-state index contributed by atoms with van der Waals surface area (Å²) in [5.74, 6) is 1.58. The van der Waals surface area contributed by atoms with Crippen molar-refractivity contribution in [1.82, 2.24) is 19.1 Å². The third-order valence-corrected chi connectivity index (χ3v) is 5.24. The van der Waals surface area contributed by atoms with Crippen LogP contribution in [-0.2, 0) is 13.6 Å². The number of benzene rings is 1. The highest BCUT2D eigenvalue weighted by atomic mass is 16.5. The minimum Gasteiger partial charge on any atom is -0.493 e. The van der Waals surface area contributed by atoms with Gasteiger partial charge in [0.05, 0.1) is 24.1 Å². The van der Waals surface area contributed by atoms with E-state index < -0.39 is 5.69 Å². The monoisotopic (exact) mass is 420 g/mol. The quantitative estimate of drug-likeness (QED) is 0.493. The third-order valence-electron chi connectivity index (χ3n) is 5.24. The Morgan fingerprint density at radius 3 is 2.58 bits per heavy atom. The molecule has 0 aliphatic heterocycles. The molecule has 4 rings (SSSR count). The van der Waals surface area contributed by atoms with Crippen LogP contribution in [0.2, 0.25) is 0 Å². The smallest absolute Gasteiger partial charge is 0.332 e. The SMILES string of the molecule is CCOc1ccccc1-c1nc(Cn2c(=O)c3c(C)cc(C)nc3n(C)c2=O)c(C)o1. The average molecular weight is 420 g/mol. The van der Waals surface area contributed by atoms with Crippen LogP contribution in [0.15, 0.2) is 44.3 Å². The first-order valence-corrected chi connectivity index (χ1v) is 10.1. The molecule has 0 amide bonds. The van der Waals surface area contributed by atoms with Crippen molar-refractivity contribution in [2.24, 2.45) is 7.05 Å². The first-order chi connectivity index (χ1) is 14.8. The molecule has 0 saturated carbocycles. The predicted octanol–water partition coefficient (Wildman–Crippen LogP) is 3.12. The molecule has 0 atom stereocenters. The van der Waals surface area contributed by atoms with Gasteiger partial charge in [0.2, 0.25) is 5.89 Å². The molecule has 0 bridgehead atoms. The molecule has 0 spiro atoms. The number of fused-ring (bicyclic) bond motifs is 1. The van der Waals surface area contributed by atoms with Crippen LogP contribution >= 0.6 is 0 Å². The minimum atomic E-state index is -0.450. The number of rotatable bonds is 5. The predicted molar refractivity (Wildman–Crippen MR) is 118 cm³/mol. The Bertz CT molecular complexity index is 1410. The zero-order valence-corrected chi connectivity index (χ0v) is 18.2. The van der Waals surface area contributed by atoms with Gasteiger partial charge in [-0.25, -0.2) is 14.8 Å². The number of nitrogens with zero attached hydrogens (tertiary/aromatic N) is 4. The van der Waals surface area contributed by atoms with Gasteiger partial charge in [-0.2, -0.15) is 0 Å². The number of para-hydroxylation sites is 1. The van der Waals surface area contributed by atoms with Crippen LogP contribution in [0, 0.1) is 20.8 Å². The second kappa shape index (κ2) is 7.86. The fourth-order valence-corrected chi connectivity index (χ4v) is 3.72. The Balaban J connectivity index is 1.83. The summed E-state index contributed by atoms with van der Waals surface area (Å²) < 4.78 is 14.1. The summed E-state index contributed by atoms with van der Waals surface area (Å²) in [4.78, 5) is 35.1. The Labute approximate surface area is 178 Å². The highest BCUT2D eigenvalue weighted by molar-refractivity contribution is 5.78. The number of hydrogen-bond acceptors (Lipinski definition) is 6. The molecule has 3 aromatic heterocycles. The summed E-state index contributed by atoms with van der Waals surface area (Å²) in [5.41, 5.74) is 2.30. The van der Waals surface area contributed by atoms with Crippen LogP contribution in [0.4, 0.5) is 0 Å². The van der Waals surface area contributed by atoms with Crippen LogP contribution in [0.3, 0.4) is 0 Å². The van der Waals surface area contributed by atoms with E-state index in [-0.39, 0.29) is 12.1 Å². The van der Waals surface area contributed by atoms with E-state index in [0.717, 1.165) is 11.3 Å². The largest absolute Gasteiger partial charge is 0.493 e. The van der Waals surface area contributed by atoms with Crippen molar-refractivity contribution in [2.75, 3.05) is 6.61 Å². The Kier molecular flexibility index (Phi) is 5.22. The molecule has 160 valence electrons. The van der Waals surface area contributed by atoms with Crippen molar-refractivity contribution in [3.63, 3.8) is 0 Å². The molecule has 0 radical (unpaired) electrons. The van der Waals surface area contributed by atoms with Gasteiger partial charge in [-0.15, -0.1) is 0 Å². The number of aryl methyl sites for hydroxylation is 4. The lowest BCUT2D eigenvalue weighted by atomic mass is 10.1. The van der Waals surface area contributed by atoms with Crippen molar-refractivity contribution in [3.8, 4) is 17.2 Å². The molecule has 31 heavy (non-hydrogen) atoms. The van der Waals surface area contributed by atoms with Crippen molar-refractivity contribution in [1.29, 1.82) is 0 Å². The summed E-state index contributed by atoms with van der Waals surface area (Å²) in [7, 11) is 1.62. The van der Waals surface area contributed by atoms with Gasteiger partial charge in [0.15, 0.2) is 0 Å². The number of pyridine rings is 1. The van der Waals surface area contributed by atoms with E-state index >= 15 is 0 Å². The lowest BCUT2D eigenvalue weighted by molar-refractivity contribution is 0.340. The Morgan fingerprint density at radius 2 is 1.84 bits per heavy atom. The highest BCUT2D eigenvalue weighted by Gasteiger charge is 2.19. The fourth-order valence-electron chi connectivity index (χ4n) is 3.72. The first-order valence-electron chi connectivity index (χ1n) is 10.1. The van der Waals surface area contributed by atoms with Crippen LogP contribution in [0.1, 0.15) is 29.6 Å². The summed E-state index contributed by atoms with van der Waals surface area (Å²) >= 11 is 0. The van der Waals surface area contributed by atoms with Crippen molar-refractivity contribution in [2.45, 2.75) is 34.2 Å². The van der Waals surface area contributed by atoms with E-state index in [1.54, 1.807) is 14.0 Å². The number of aromatic nitrogens is 4. The lowest BCUT2D eigenvalue weighted by Gasteiger charge is -2.11. The van der Waals surface area contributed by atoms with Crippen molar-refractivity contribution in [3.05, 3.63) is 73.9 Å². The number of ether oxygens (including phenoxy) is 1. The van der Waals surface area contributed by atoms with Crippen molar-refractivity contribution < 1.29 is 9.15 Å². The Morgan fingerprint density at radius 1 is 1.10 bits per heavy atom. The number of oxazole rings is 1. The van der Waals surface area contributed by atoms with Gasteiger partial charge in [-0.3, -0.25) is 13.9 Å². The first kappa shape index (κ1) is 20.6. The van der Waals surface area contributed by atoms with E-state index in [9.17, 15) is 9.59 Å². The molecule has 0 saturated heterocycles. The van der Waals surface area contributed by atoms with E-state index in [2.05, 4.69) is 9.97 Å². The molecule has 0 N–H and O–H groups in total. The maximum atomic E-state index is 13.2. The molecule has 0 fully saturated rings. The van der Waals surface area contributed by atoms with Gasteiger partial charge in [0, 0.05) is 12.7 Å². The van der Waals surface area contributed by atoms with Crippen LogP contribution in [-0.4, -0.2) is 25.7 Å². The molecule has 0 unspecified atom stereocenters. The lowest BCUT2D eigenvalue weighted by Crippen LogP contribution is -2.40. The second-order valence-corrected chi connectivity index (χ2v) is 7.46. The molecule has 8 heteroatoms. The van der Waals surface area contributed by atoms with Gasteiger partial charge in [-0.05, 0) is 51.5 Å². The van der Waals surface area contributed by atoms with E-state index in [0.29, 0.717) is 46.3 Å². The van der Waals surface area contributed by atoms with Gasteiger partial charge in [0.1, 0.15) is 22.9 Å². The van der Waals surface area contributed by atoms with Crippen LogP contribution in [0.25, 0.3) is 22.5 Å². The maximum absolute atomic E-state index is 13.2. The van der Waals surface area contributed by atoms with Gasteiger partial charge >= 0.3 is 5.69 Å². The van der Waals surface area contributed by atoms with Gasteiger partial charge in [-0.1, -0.05) is 12.1 Å². The molecule has 3 heterocycles. The molecule has 1 aromatic carbocycles. The topological polar surface area (TPSA) is 92.2 Å². The van der Waals surface area contributed by atoms with Crippen molar-refractivity contribution >= 4 is 11.0 Å². The summed E-state index contributed by atoms with van der Waals surface area (Å²) in [6.45, 7) is 7.87. The Hall–Kier alpha value is -3.68. The molecule has 0 aliphatic rings. The standard InChI is InChI=1S/C23H24N4O4/c1-6-30-18-10-8-7-9-16(18)21-25-17(15(4)31-21)12-27-22(28)19-13(2)11-14(3)24-20(19)26(5)23(27)29/h7-11H,6,12H2,1-5H3. The fraction of sp³-hybridized carbons (Fsp3) is 0.304. The van der Waals surface area contributed by atoms with E-state index in [1.165, 1.54) is 9.13 Å². The van der Waals surface area contributed by atoms with Crippen LogP contribution < -0.4 is 16.0 Å². The maximum Gasteiger partial charge on any atom is 0.332 e. The molecule has 8 nitrogen and oxygen atoms in total. The minimum absolute atomic E-state index is 0.000891. The van der Waals surface area contributed by atoms with E-state index in [4.69, 9.17) is 9.15 Å². The molecule has 0 aliphatic carbocycles. The summed E-state index contributed by atoms with van der Waals surface area (Å²) in [6.07, 6.45) is 0. The summed E-state index contributed by atoms with van der Waals surface area (Å²) in [6, 6.07) is 9.29. The molecular weight excluding hydrogens is 396 g/mol. The second-order valence-electron chi connectivity index (χ2n) is 7.46. The van der Waals surface area contributed by atoms with Crippen LogP contribution in [0.5, 0.6) is 5.75 Å². The average Bonchev–Trinajstić information content (AvgIpc) is 3.09. The van der Waals surface area contributed by atoms with Gasteiger partial charge in [0.25, 0.3) is 5.56 Å².